The maximum Gasteiger partial charge on any atom is 0.323 e. The molecule has 0 radical (unpaired) electrons. The zero-order chi connectivity index (χ0) is 41.6. The maximum atomic E-state index is 13.1. The molecule has 2 amide bonds. The normalized spacial score (nSPS) is 12.5. The predicted molar refractivity (Wildman–Crippen MR) is 212 cm³/mol. The highest BCUT2D eigenvalue weighted by Crippen LogP contribution is 2.43. The number of carbonyl (C=O) groups excluding carboxylic acids is 1. The summed E-state index contributed by atoms with van der Waals surface area (Å²) in [6.07, 6.45) is 0. The van der Waals surface area contributed by atoms with Crippen molar-refractivity contribution in [2.24, 2.45) is 20.5 Å². The molecule has 0 saturated heterocycles. The molecular weight excluding hydrogens is 817 g/mol. The quantitative estimate of drug-likeness (QED) is 0.0530. The van der Waals surface area contributed by atoms with Crippen LogP contribution >= 0.6 is 0 Å². The van der Waals surface area contributed by atoms with E-state index in [4.69, 9.17) is 0 Å². The van der Waals surface area contributed by atoms with Crippen LogP contribution in [0.4, 0.5) is 38.9 Å². The first-order valence-electron chi connectivity index (χ1n) is 16.4. The van der Waals surface area contributed by atoms with Gasteiger partial charge >= 0.3 is 6.03 Å². The molecule has 0 bridgehead atoms. The largest absolute Gasteiger partial charge is 0.507 e. The lowest BCUT2D eigenvalue weighted by atomic mass is 10.1. The summed E-state index contributed by atoms with van der Waals surface area (Å²) in [7, 11) is -14.5. The molecule has 0 atom stereocenters. The van der Waals surface area contributed by atoms with Crippen molar-refractivity contribution < 1.29 is 53.9 Å². The van der Waals surface area contributed by atoms with Gasteiger partial charge < -0.3 is 20.8 Å². The molecule has 294 valence electrons. The van der Waals surface area contributed by atoms with E-state index >= 15 is 0 Å². The van der Waals surface area contributed by atoms with Gasteiger partial charge in [-0.15, -0.1) is 10.2 Å². The van der Waals surface area contributed by atoms with Crippen molar-refractivity contribution in [1.82, 2.24) is 0 Å². The second kappa shape index (κ2) is 14.9. The highest BCUT2D eigenvalue weighted by Gasteiger charge is 2.24. The summed E-state index contributed by atoms with van der Waals surface area (Å²) in [5, 5.41) is 43.3. The molecule has 0 aliphatic rings. The molecule has 18 nitrogen and oxygen atoms in total. The summed E-state index contributed by atoms with van der Waals surface area (Å²) in [5.41, 5.74) is -0.481. The van der Waals surface area contributed by atoms with E-state index in [2.05, 4.69) is 31.1 Å². The van der Waals surface area contributed by atoms with Crippen LogP contribution in [-0.2, 0) is 30.4 Å². The number of hydrogen-bond donors (Lipinski definition) is 7. The number of fused-ring (bicyclic) bond motifs is 3. The van der Waals surface area contributed by atoms with Crippen LogP contribution in [-0.4, -0.2) is 55.2 Å². The molecule has 7 aromatic carbocycles. The molecule has 7 N–H and O–H groups in total. The Bertz CT molecular complexity index is 3250. The SMILES string of the molecule is O=C(Nc1ccc2c(O)c(N=Nc3ccccc3)c(S(=O)(=O)O)cc2c1)Nc1ccc2c(O)cc(N=Nc3ccc4ccc(S(=O)(=O)O)cc4c3)c(S(=O)(=O)O)c2c1. The molecule has 0 aliphatic carbocycles. The van der Waals surface area contributed by atoms with E-state index < -0.39 is 69.1 Å². The number of aromatic hydroxyl groups is 2. The topological polar surface area (TPSA) is 294 Å². The van der Waals surface area contributed by atoms with Crippen LogP contribution in [0.25, 0.3) is 32.3 Å². The van der Waals surface area contributed by atoms with Gasteiger partial charge in [0.05, 0.1) is 16.3 Å². The predicted octanol–water partition coefficient (Wildman–Crippen LogP) is 8.77. The number of carbonyl (C=O) groups is 1. The van der Waals surface area contributed by atoms with Crippen molar-refractivity contribution in [3.05, 3.63) is 115 Å². The van der Waals surface area contributed by atoms with Gasteiger partial charge in [-0.3, -0.25) is 13.7 Å². The molecule has 7 rings (SSSR count). The van der Waals surface area contributed by atoms with Crippen molar-refractivity contribution >= 4 is 103 Å². The number of urea groups is 1. The second-order valence-electron chi connectivity index (χ2n) is 12.4. The Labute approximate surface area is 328 Å². The van der Waals surface area contributed by atoms with E-state index in [0.717, 1.165) is 18.2 Å². The summed E-state index contributed by atoms with van der Waals surface area (Å²) >= 11 is 0. The summed E-state index contributed by atoms with van der Waals surface area (Å²) in [6, 6.07) is 25.4. The monoisotopic (exact) mass is 842 g/mol. The fourth-order valence-electron chi connectivity index (χ4n) is 5.95. The van der Waals surface area contributed by atoms with E-state index in [1.165, 1.54) is 60.7 Å². The fourth-order valence-corrected chi connectivity index (χ4v) is 7.94. The number of amides is 2. The summed E-state index contributed by atoms with van der Waals surface area (Å²) in [5.74, 6) is -1.07. The van der Waals surface area contributed by atoms with E-state index in [1.807, 2.05) is 0 Å². The first-order chi connectivity index (χ1) is 27.3. The van der Waals surface area contributed by atoms with Crippen LogP contribution in [0.3, 0.4) is 0 Å². The standard InChI is InChI=1S/C37H26N6O12S3/c44-32-19-31(42-41-26-8-6-20-7-11-27(56(47,48)49)16-21(20)14-26)36(58(53,54)55)30-18-25(10-13-29(30)32)39-37(46)38-24-9-12-28-22(15-24)17-33(57(50,51)52)34(35(28)45)43-40-23-4-2-1-3-5-23/h1-19,44-45H,(H2,38,39,46)(H,47,48,49)(H,50,51,52)(H,53,54,55). The van der Waals surface area contributed by atoms with Crippen molar-refractivity contribution in [1.29, 1.82) is 0 Å². The lowest BCUT2D eigenvalue weighted by molar-refractivity contribution is 0.262. The van der Waals surface area contributed by atoms with Crippen LogP contribution < -0.4 is 10.6 Å². The van der Waals surface area contributed by atoms with Crippen molar-refractivity contribution in [2.75, 3.05) is 10.6 Å². The average molecular weight is 843 g/mol. The van der Waals surface area contributed by atoms with E-state index in [9.17, 15) is 53.9 Å². The van der Waals surface area contributed by atoms with Crippen LogP contribution in [0.5, 0.6) is 11.5 Å². The second-order valence-corrected chi connectivity index (χ2v) is 16.6. The van der Waals surface area contributed by atoms with E-state index in [1.54, 1.807) is 36.4 Å². The maximum absolute atomic E-state index is 13.1. The van der Waals surface area contributed by atoms with Crippen LogP contribution in [0.2, 0.25) is 0 Å². The number of nitrogens with zero attached hydrogens (tertiary/aromatic N) is 4. The third kappa shape index (κ3) is 8.29. The third-order valence-corrected chi connectivity index (χ3v) is 11.2. The van der Waals surface area contributed by atoms with Gasteiger partial charge in [-0.1, -0.05) is 30.3 Å². The first kappa shape index (κ1) is 39.4. The van der Waals surface area contributed by atoms with E-state index in [0.29, 0.717) is 16.5 Å². The van der Waals surface area contributed by atoms with Gasteiger partial charge in [0.15, 0.2) is 5.75 Å². The Kier molecular flexibility index (Phi) is 10.1. The Morgan fingerprint density at radius 2 is 1.17 bits per heavy atom. The van der Waals surface area contributed by atoms with Crippen LogP contribution in [0, 0.1) is 0 Å². The molecule has 21 heteroatoms. The van der Waals surface area contributed by atoms with Gasteiger partial charge in [0.1, 0.15) is 26.9 Å². The molecule has 0 spiro atoms. The van der Waals surface area contributed by atoms with Gasteiger partial charge in [-0.25, -0.2) is 4.79 Å². The lowest BCUT2D eigenvalue weighted by Crippen LogP contribution is -2.19. The zero-order valence-corrected chi connectivity index (χ0v) is 31.5. The minimum absolute atomic E-state index is 0.0203. The molecular formula is C37H26N6O12S3. The van der Waals surface area contributed by atoms with Gasteiger partial charge in [-0.2, -0.15) is 35.5 Å². The molecule has 0 fully saturated rings. The molecule has 0 aromatic heterocycles. The summed E-state index contributed by atoms with van der Waals surface area (Å²) in [4.78, 5) is 11.2. The number of hydrogen-bond acceptors (Lipinski definition) is 13. The molecule has 0 unspecified atom stereocenters. The molecule has 0 heterocycles. The Hall–Kier alpha value is -6.88. The molecule has 7 aromatic rings. The van der Waals surface area contributed by atoms with Gasteiger partial charge in [0.2, 0.25) is 0 Å². The van der Waals surface area contributed by atoms with Gasteiger partial charge in [0.25, 0.3) is 30.4 Å². The molecule has 58 heavy (non-hydrogen) atoms. The summed E-state index contributed by atoms with van der Waals surface area (Å²) < 4.78 is 103. The van der Waals surface area contributed by atoms with Crippen LogP contribution in [0.15, 0.2) is 150 Å². The Balaban J connectivity index is 1.18. The Morgan fingerprint density at radius 3 is 1.84 bits per heavy atom. The third-order valence-electron chi connectivity index (χ3n) is 8.54. The first-order valence-corrected chi connectivity index (χ1v) is 20.7. The lowest BCUT2D eigenvalue weighted by Gasteiger charge is -2.13. The number of nitrogens with one attached hydrogen (secondary N) is 2. The van der Waals surface area contributed by atoms with Gasteiger partial charge in [0, 0.05) is 33.6 Å². The minimum Gasteiger partial charge on any atom is -0.507 e. The minimum atomic E-state index is -5.07. The number of phenolic OH excluding ortho intramolecular Hbond substituents is 2. The number of rotatable bonds is 9. The molecule has 0 aliphatic heterocycles. The van der Waals surface area contributed by atoms with Crippen molar-refractivity contribution in [3.63, 3.8) is 0 Å². The van der Waals surface area contributed by atoms with Gasteiger partial charge in [-0.05, 0) is 95.0 Å². The number of benzene rings is 7. The highest BCUT2D eigenvalue weighted by atomic mass is 32.2. The van der Waals surface area contributed by atoms with Crippen molar-refractivity contribution in [2.45, 2.75) is 14.7 Å². The number of phenols is 2. The van der Waals surface area contributed by atoms with Crippen LogP contribution in [0.1, 0.15) is 0 Å². The zero-order valence-electron chi connectivity index (χ0n) is 29.1. The summed E-state index contributed by atoms with van der Waals surface area (Å²) in [6.45, 7) is 0. The molecule has 0 saturated carbocycles. The highest BCUT2D eigenvalue weighted by molar-refractivity contribution is 7.86. The fraction of sp³-hybridized carbons (Fsp3) is 0. The smallest absolute Gasteiger partial charge is 0.323 e. The Morgan fingerprint density at radius 1 is 0.517 bits per heavy atom. The average Bonchev–Trinajstić information content (AvgIpc) is 3.15. The number of anilines is 2. The number of azo groups is 2. The van der Waals surface area contributed by atoms with E-state index in [-0.39, 0.29) is 43.5 Å². The van der Waals surface area contributed by atoms with Crippen molar-refractivity contribution in [3.8, 4) is 11.5 Å².